The summed E-state index contributed by atoms with van der Waals surface area (Å²) in [5.74, 6) is 1.06. The molecule has 3 fully saturated rings. The van der Waals surface area contributed by atoms with Gasteiger partial charge in [0.25, 0.3) is 0 Å². The first-order valence-corrected chi connectivity index (χ1v) is 11.9. The van der Waals surface area contributed by atoms with Gasteiger partial charge in [-0.15, -0.1) is 0 Å². The summed E-state index contributed by atoms with van der Waals surface area (Å²) < 4.78 is 5.98. The van der Waals surface area contributed by atoms with Crippen molar-refractivity contribution in [3.05, 3.63) is 11.6 Å². The summed E-state index contributed by atoms with van der Waals surface area (Å²) in [7, 11) is 0. The SMILES string of the molecule is CC(=O)O[C@H]1CC2[C@@]3(C)CCCC(C)(C)C3CC[C@@]2(C)C2C[C@@H](O)C(C=O)=C[C@]21C. The predicted octanol–water partition coefficient (Wildman–Crippen LogP) is 5.08. The minimum absolute atomic E-state index is 0.0654. The summed E-state index contributed by atoms with van der Waals surface area (Å²) in [5, 5.41) is 10.8. The first kappa shape index (κ1) is 22.0. The molecule has 4 aliphatic carbocycles. The first-order valence-electron chi connectivity index (χ1n) is 11.9. The molecule has 0 aromatic rings. The Morgan fingerprint density at radius 1 is 1.03 bits per heavy atom. The van der Waals surface area contributed by atoms with E-state index in [1.54, 1.807) is 0 Å². The van der Waals surface area contributed by atoms with Crippen LogP contribution >= 0.6 is 0 Å². The second kappa shape index (κ2) is 6.92. The number of aliphatic hydroxyl groups is 1. The molecule has 0 amide bonds. The highest BCUT2D eigenvalue weighted by atomic mass is 16.5. The maximum absolute atomic E-state index is 12.1. The Balaban J connectivity index is 1.83. The number of carbonyl (C=O) groups excluding carboxylic acids is 2. The summed E-state index contributed by atoms with van der Waals surface area (Å²) in [4.78, 5) is 23.7. The van der Waals surface area contributed by atoms with E-state index in [2.05, 4.69) is 34.6 Å². The number of ether oxygens (including phenoxy) is 1. The van der Waals surface area contributed by atoms with Gasteiger partial charge in [0.1, 0.15) is 12.4 Å². The van der Waals surface area contributed by atoms with Crippen LogP contribution < -0.4 is 0 Å². The third kappa shape index (κ3) is 2.96. The van der Waals surface area contributed by atoms with Crippen LogP contribution in [0.1, 0.15) is 86.5 Å². The molecule has 0 aromatic heterocycles. The van der Waals surface area contributed by atoms with Crippen LogP contribution in [0.5, 0.6) is 0 Å². The molecule has 0 spiro atoms. The minimum atomic E-state index is -0.720. The second-order valence-corrected chi connectivity index (χ2v) is 12.3. The maximum Gasteiger partial charge on any atom is 0.302 e. The Morgan fingerprint density at radius 3 is 2.33 bits per heavy atom. The Morgan fingerprint density at radius 2 is 1.70 bits per heavy atom. The van der Waals surface area contributed by atoms with Crippen LogP contribution in [0.15, 0.2) is 11.6 Å². The van der Waals surface area contributed by atoms with E-state index < -0.39 is 11.5 Å². The van der Waals surface area contributed by atoms with Crippen LogP contribution in [-0.4, -0.2) is 29.6 Å². The number of hydrogen-bond acceptors (Lipinski definition) is 4. The third-order valence-electron chi connectivity index (χ3n) is 10.3. The highest BCUT2D eigenvalue weighted by Crippen LogP contribution is 2.72. The van der Waals surface area contributed by atoms with Crippen molar-refractivity contribution in [2.75, 3.05) is 0 Å². The van der Waals surface area contributed by atoms with Crippen molar-refractivity contribution in [2.24, 2.45) is 39.4 Å². The average Bonchev–Trinajstić information content (AvgIpc) is 2.63. The van der Waals surface area contributed by atoms with Gasteiger partial charge in [-0.25, -0.2) is 0 Å². The van der Waals surface area contributed by atoms with Crippen molar-refractivity contribution in [3.63, 3.8) is 0 Å². The van der Waals surface area contributed by atoms with Gasteiger partial charge in [0.05, 0.1) is 6.10 Å². The van der Waals surface area contributed by atoms with Crippen LogP contribution in [0.25, 0.3) is 0 Å². The molecule has 30 heavy (non-hydrogen) atoms. The van der Waals surface area contributed by atoms with Crippen molar-refractivity contribution in [3.8, 4) is 0 Å². The van der Waals surface area contributed by atoms with Gasteiger partial charge in [-0.3, -0.25) is 9.59 Å². The molecule has 0 bridgehead atoms. The lowest BCUT2D eigenvalue weighted by Gasteiger charge is -2.69. The Bertz CT molecular complexity index is 769. The number of aliphatic hydroxyl groups excluding tert-OH is 1. The topological polar surface area (TPSA) is 63.6 Å². The molecular formula is C26H40O4. The highest BCUT2D eigenvalue weighted by molar-refractivity contribution is 5.75. The zero-order valence-electron chi connectivity index (χ0n) is 19.7. The van der Waals surface area contributed by atoms with Gasteiger partial charge in [0, 0.05) is 17.9 Å². The largest absolute Gasteiger partial charge is 0.462 e. The summed E-state index contributed by atoms with van der Waals surface area (Å²) >= 11 is 0. The monoisotopic (exact) mass is 416 g/mol. The van der Waals surface area contributed by atoms with E-state index in [1.807, 2.05) is 6.08 Å². The molecular weight excluding hydrogens is 376 g/mol. The summed E-state index contributed by atoms with van der Waals surface area (Å²) in [5.41, 5.74) is 0.651. The summed E-state index contributed by atoms with van der Waals surface area (Å²) in [6.07, 6.45) is 9.34. The van der Waals surface area contributed by atoms with Crippen molar-refractivity contribution in [2.45, 2.75) is 98.7 Å². The fourth-order valence-corrected chi connectivity index (χ4v) is 9.06. The Labute approximate surface area is 181 Å². The standard InChI is InChI=1S/C26H40O4/c1-16(28)30-22-13-21-24(4)10-7-9-23(2,3)19(24)8-11-25(21,5)20-12-18(29)17(15-27)14-26(20,22)6/h14-15,18-22,29H,7-13H2,1-6H3/t18-,19?,20?,21?,22+,24+,25+,26-/m1/s1. The van der Waals surface area contributed by atoms with Crippen LogP contribution in [0.2, 0.25) is 0 Å². The fraction of sp³-hybridized carbons (Fsp3) is 0.846. The van der Waals surface area contributed by atoms with Gasteiger partial charge in [-0.1, -0.05) is 47.1 Å². The van der Waals surface area contributed by atoms with Crippen molar-refractivity contribution < 1.29 is 19.4 Å². The van der Waals surface area contributed by atoms with E-state index in [4.69, 9.17) is 4.74 Å². The maximum atomic E-state index is 12.1. The molecule has 168 valence electrons. The van der Waals surface area contributed by atoms with Gasteiger partial charge in [-0.2, -0.15) is 0 Å². The van der Waals surface area contributed by atoms with Crippen LogP contribution in [0.3, 0.4) is 0 Å². The third-order valence-corrected chi connectivity index (χ3v) is 10.3. The van der Waals surface area contributed by atoms with Gasteiger partial charge < -0.3 is 9.84 Å². The normalized spacial score (nSPS) is 49.7. The number of hydrogen-bond donors (Lipinski definition) is 1. The molecule has 1 N–H and O–H groups in total. The van der Waals surface area contributed by atoms with Crippen LogP contribution in [0.4, 0.5) is 0 Å². The number of rotatable bonds is 2. The lowest BCUT2D eigenvalue weighted by atomic mass is 9.35. The van der Waals surface area contributed by atoms with Gasteiger partial charge in [0.15, 0.2) is 0 Å². The summed E-state index contributed by atoms with van der Waals surface area (Å²) in [6.45, 7) is 13.5. The number of aldehydes is 1. The van der Waals surface area contributed by atoms with Crippen molar-refractivity contribution >= 4 is 12.3 Å². The Kier molecular flexibility index (Phi) is 5.08. The second-order valence-electron chi connectivity index (χ2n) is 12.3. The first-order chi connectivity index (χ1) is 13.9. The molecule has 3 saturated carbocycles. The van der Waals surface area contributed by atoms with E-state index in [1.165, 1.54) is 32.6 Å². The molecule has 8 atom stereocenters. The Hall–Kier alpha value is -1.16. The van der Waals surface area contributed by atoms with E-state index in [-0.39, 0.29) is 28.8 Å². The highest BCUT2D eigenvalue weighted by Gasteiger charge is 2.67. The van der Waals surface area contributed by atoms with E-state index in [9.17, 15) is 14.7 Å². The van der Waals surface area contributed by atoms with E-state index >= 15 is 0 Å². The fourth-order valence-electron chi connectivity index (χ4n) is 9.06. The zero-order chi connectivity index (χ0) is 22.1. The lowest BCUT2D eigenvalue weighted by molar-refractivity contribution is -0.226. The van der Waals surface area contributed by atoms with Crippen molar-refractivity contribution in [1.29, 1.82) is 0 Å². The predicted molar refractivity (Wildman–Crippen MR) is 117 cm³/mol. The van der Waals surface area contributed by atoms with Gasteiger partial charge >= 0.3 is 5.97 Å². The van der Waals surface area contributed by atoms with Gasteiger partial charge in [0.2, 0.25) is 0 Å². The van der Waals surface area contributed by atoms with Crippen LogP contribution in [0, 0.1) is 39.4 Å². The quantitative estimate of drug-likeness (QED) is 0.503. The molecule has 3 unspecified atom stereocenters. The van der Waals surface area contributed by atoms with Gasteiger partial charge in [-0.05, 0) is 72.5 Å². The molecule has 0 radical (unpaired) electrons. The molecule has 0 heterocycles. The van der Waals surface area contributed by atoms with E-state index in [0.29, 0.717) is 29.2 Å². The molecule has 4 nitrogen and oxygen atoms in total. The zero-order valence-corrected chi connectivity index (χ0v) is 19.7. The lowest BCUT2D eigenvalue weighted by Crippen LogP contribution is -2.65. The van der Waals surface area contributed by atoms with Crippen LogP contribution in [-0.2, 0) is 14.3 Å². The molecule has 4 aliphatic rings. The molecule has 0 aromatic carbocycles. The molecule has 0 saturated heterocycles. The molecule has 4 heteroatoms. The number of carbonyl (C=O) groups is 2. The average molecular weight is 417 g/mol. The summed E-state index contributed by atoms with van der Waals surface area (Å²) in [6, 6.07) is 0. The smallest absolute Gasteiger partial charge is 0.302 e. The minimum Gasteiger partial charge on any atom is -0.462 e. The number of esters is 1. The number of fused-ring (bicyclic) bond motifs is 5. The molecule has 0 aliphatic heterocycles. The van der Waals surface area contributed by atoms with E-state index in [0.717, 1.165) is 19.1 Å². The molecule has 4 rings (SSSR count). The van der Waals surface area contributed by atoms with Crippen molar-refractivity contribution in [1.82, 2.24) is 0 Å².